The lowest BCUT2D eigenvalue weighted by atomic mass is 10.2. The Morgan fingerprint density at radius 3 is 2.23 bits per heavy atom. The molecule has 0 saturated carbocycles. The molecular formula is C22H32IN3O5. The van der Waals surface area contributed by atoms with E-state index in [2.05, 4.69) is 15.6 Å². The van der Waals surface area contributed by atoms with Crippen molar-refractivity contribution in [2.75, 3.05) is 54.0 Å². The number of methoxy groups -OCH3 is 4. The van der Waals surface area contributed by atoms with Crippen LogP contribution in [-0.2, 0) is 11.3 Å². The molecule has 0 saturated heterocycles. The number of rotatable bonds is 11. The highest BCUT2D eigenvalue weighted by molar-refractivity contribution is 14.0. The Bertz CT molecular complexity index is 808. The summed E-state index contributed by atoms with van der Waals surface area (Å²) in [6.45, 7) is 1.80. The Morgan fingerprint density at radius 2 is 1.65 bits per heavy atom. The number of nitrogens with zero attached hydrogens (tertiary/aromatic N) is 1. The van der Waals surface area contributed by atoms with Gasteiger partial charge >= 0.3 is 0 Å². The molecule has 0 aliphatic rings. The third-order valence-electron chi connectivity index (χ3n) is 4.27. The highest BCUT2D eigenvalue weighted by Gasteiger charge is 2.13. The van der Waals surface area contributed by atoms with Crippen molar-refractivity contribution in [1.29, 1.82) is 0 Å². The molecule has 172 valence electrons. The van der Waals surface area contributed by atoms with E-state index in [1.165, 1.54) is 0 Å². The molecule has 0 bridgehead atoms. The van der Waals surface area contributed by atoms with Gasteiger partial charge in [-0.3, -0.25) is 4.99 Å². The highest BCUT2D eigenvalue weighted by Crippen LogP contribution is 2.38. The minimum absolute atomic E-state index is 0. The quantitative estimate of drug-likeness (QED) is 0.192. The van der Waals surface area contributed by atoms with Crippen molar-refractivity contribution < 1.29 is 23.7 Å². The van der Waals surface area contributed by atoms with Crippen LogP contribution >= 0.6 is 24.0 Å². The Morgan fingerprint density at radius 1 is 0.935 bits per heavy atom. The molecule has 0 aliphatic carbocycles. The van der Waals surface area contributed by atoms with Crippen LogP contribution < -0.4 is 29.6 Å². The molecule has 0 heterocycles. The molecule has 31 heavy (non-hydrogen) atoms. The second-order valence-corrected chi connectivity index (χ2v) is 6.31. The van der Waals surface area contributed by atoms with Crippen LogP contribution in [0.1, 0.15) is 12.0 Å². The first-order chi connectivity index (χ1) is 14.6. The lowest BCUT2D eigenvalue weighted by Crippen LogP contribution is -2.30. The average Bonchev–Trinajstić information content (AvgIpc) is 2.78. The summed E-state index contributed by atoms with van der Waals surface area (Å²) in [4.78, 5) is 4.28. The van der Waals surface area contributed by atoms with Gasteiger partial charge in [0.05, 0.1) is 27.9 Å². The minimum atomic E-state index is 0. The molecule has 0 radical (unpaired) electrons. The number of aliphatic imine (C=N–C) groups is 1. The van der Waals surface area contributed by atoms with Crippen LogP contribution in [0, 0.1) is 0 Å². The van der Waals surface area contributed by atoms with E-state index in [-0.39, 0.29) is 24.0 Å². The van der Waals surface area contributed by atoms with Crippen LogP contribution in [0.5, 0.6) is 23.0 Å². The van der Waals surface area contributed by atoms with Gasteiger partial charge in [0.15, 0.2) is 17.5 Å². The molecule has 2 rings (SSSR count). The second-order valence-electron chi connectivity index (χ2n) is 6.31. The van der Waals surface area contributed by atoms with Crippen LogP contribution in [-0.4, -0.2) is 54.7 Å². The first kappa shape index (κ1) is 26.6. The molecule has 0 amide bonds. The topological polar surface area (TPSA) is 82.6 Å². The summed E-state index contributed by atoms with van der Waals surface area (Å²) in [6, 6.07) is 11.5. The van der Waals surface area contributed by atoms with Crippen LogP contribution in [0.15, 0.2) is 41.4 Å². The molecule has 0 aliphatic heterocycles. The fourth-order valence-corrected chi connectivity index (χ4v) is 2.80. The summed E-state index contributed by atoms with van der Waals surface area (Å²) < 4.78 is 27.0. The number of ether oxygens (including phenoxy) is 5. The zero-order valence-electron chi connectivity index (χ0n) is 18.7. The molecule has 0 spiro atoms. The van der Waals surface area contributed by atoms with Crippen LogP contribution in [0.4, 0.5) is 5.69 Å². The molecule has 2 aromatic carbocycles. The zero-order chi connectivity index (χ0) is 21.8. The average molecular weight is 545 g/mol. The van der Waals surface area contributed by atoms with E-state index in [1.54, 1.807) is 35.5 Å². The smallest absolute Gasteiger partial charge is 0.203 e. The molecule has 0 fully saturated rings. The van der Waals surface area contributed by atoms with Gasteiger partial charge in [-0.25, -0.2) is 0 Å². The lowest BCUT2D eigenvalue weighted by Gasteiger charge is -2.16. The Kier molecular flexibility index (Phi) is 12.5. The van der Waals surface area contributed by atoms with Gasteiger partial charge in [0.25, 0.3) is 0 Å². The van der Waals surface area contributed by atoms with Gasteiger partial charge in [-0.05, 0) is 29.8 Å². The number of halogens is 1. The number of benzene rings is 2. The summed E-state index contributed by atoms with van der Waals surface area (Å²) in [5, 5.41) is 6.55. The van der Waals surface area contributed by atoms with E-state index in [0.717, 1.165) is 23.4 Å². The van der Waals surface area contributed by atoms with Crippen molar-refractivity contribution >= 4 is 35.6 Å². The maximum Gasteiger partial charge on any atom is 0.203 e. The largest absolute Gasteiger partial charge is 0.493 e. The Hall–Kier alpha value is -2.40. The summed E-state index contributed by atoms with van der Waals surface area (Å²) in [7, 11) is 8.18. The monoisotopic (exact) mass is 545 g/mol. The van der Waals surface area contributed by atoms with Gasteiger partial charge in [-0.2, -0.15) is 0 Å². The number of guanidine groups is 1. The van der Waals surface area contributed by atoms with E-state index in [4.69, 9.17) is 23.7 Å². The van der Waals surface area contributed by atoms with Gasteiger partial charge < -0.3 is 34.3 Å². The predicted octanol–water partition coefficient (Wildman–Crippen LogP) is 3.93. The van der Waals surface area contributed by atoms with E-state index in [1.807, 2.05) is 36.4 Å². The van der Waals surface area contributed by atoms with Gasteiger partial charge in [0.2, 0.25) is 5.75 Å². The summed E-state index contributed by atoms with van der Waals surface area (Å²) in [5.74, 6) is 3.19. The van der Waals surface area contributed by atoms with E-state index in [9.17, 15) is 0 Å². The van der Waals surface area contributed by atoms with E-state index >= 15 is 0 Å². The summed E-state index contributed by atoms with van der Waals surface area (Å²) in [5.41, 5.74) is 1.83. The maximum absolute atomic E-state index is 5.75. The molecule has 2 N–H and O–H groups in total. The summed E-state index contributed by atoms with van der Waals surface area (Å²) in [6.07, 6.45) is 0.839. The van der Waals surface area contributed by atoms with Crippen molar-refractivity contribution in [3.63, 3.8) is 0 Å². The summed E-state index contributed by atoms with van der Waals surface area (Å²) >= 11 is 0. The van der Waals surface area contributed by atoms with Crippen molar-refractivity contribution in [2.45, 2.75) is 13.0 Å². The Labute approximate surface area is 201 Å². The van der Waals surface area contributed by atoms with Crippen molar-refractivity contribution in [3.05, 3.63) is 42.0 Å². The first-order valence-electron chi connectivity index (χ1n) is 9.63. The maximum atomic E-state index is 5.75. The highest BCUT2D eigenvalue weighted by atomic mass is 127. The fraction of sp³-hybridized carbons (Fsp3) is 0.409. The number of anilines is 1. The first-order valence-corrected chi connectivity index (χ1v) is 9.63. The molecule has 0 aromatic heterocycles. The van der Waals surface area contributed by atoms with Gasteiger partial charge in [-0.1, -0.05) is 6.07 Å². The van der Waals surface area contributed by atoms with Crippen molar-refractivity contribution in [3.8, 4) is 23.0 Å². The molecule has 9 heteroatoms. The third kappa shape index (κ3) is 8.33. The fourth-order valence-electron chi connectivity index (χ4n) is 2.80. The van der Waals surface area contributed by atoms with Crippen molar-refractivity contribution in [1.82, 2.24) is 5.32 Å². The van der Waals surface area contributed by atoms with E-state index < -0.39 is 0 Å². The molecule has 0 atom stereocenters. The normalized spacial score (nSPS) is 10.7. The van der Waals surface area contributed by atoms with Crippen molar-refractivity contribution in [2.24, 2.45) is 4.99 Å². The third-order valence-corrected chi connectivity index (χ3v) is 4.27. The van der Waals surface area contributed by atoms with Gasteiger partial charge in [-0.15, -0.1) is 24.0 Å². The SMILES string of the molecule is CN=C(NCc1cc(OC)c(OC)c(OC)c1)Nc1cccc(OCCCOC)c1.I. The van der Waals surface area contributed by atoms with Gasteiger partial charge in [0, 0.05) is 45.5 Å². The molecule has 2 aromatic rings. The van der Waals surface area contributed by atoms with Crippen LogP contribution in [0.25, 0.3) is 0 Å². The predicted molar refractivity (Wildman–Crippen MR) is 134 cm³/mol. The molecule has 8 nitrogen and oxygen atoms in total. The number of hydrogen-bond donors (Lipinski definition) is 2. The lowest BCUT2D eigenvalue weighted by molar-refractivity contribution is 0.172. The van der Waals surface area contributed by atoms with E-state index in [0.29, 0.717) is 43.0 Å². The molecule has 0 unspecified atom stereocenters. The number of nitrogens with one attached hydrogen (secondary N) is 2. The van der Waals surface area contributed by atoms with Crippen LogP contribution in [0.2, 0.25) is 0 Å². The van der Waals surface area contributed by atoms with Gasteiger partial charge in [0.1, 0.15) is 5.75 Å². The molecular weight excluding hydrogens is 513 g/mol. The standard InChI is InChI=1S/C22H31N3O5.HI/c1-23-22(25-17-8-6-9-18(14-17)30-11-7-10-26-2)24-15-16-12-19(27-3)21(29-5)20(13-16)28-4;/h6,8-9,12-14H,7,10-11,15H2,1-5H3,(H2,23,24,25);1H. The minimum Gasteiger partial charge on any atom is -0.493 e. The second kappa shape index (κ2) is 14.6. The zero-order valence-corrected chi connectivity index (χ0v) is 21.0. The number of hydrogen-bond acceptors (Lipinski definition) is 6. The van der Waals surface area contributed by atoms with Crippen LogP contribution in [0.3, 0.4) is 0 Å². The Balaban J connectivity index is 0.00000480.